The highest BCUT2D eigenvalue weighted by atomic mass is 16.5. The zero-order valence-electron chi connectivity index (χ0n) is 10.7. The van der Waals surface area contributed by atoms with E-state index in [1.165, 1.54) is 38.4 Å². The lowest BCUT2D eigenvalue weighted by Gasteiger charge is -2.13. The molecule has 0 aliphatic heterocycles. The molecule has 18 heavy (non-hydrogen) atoms. The number of nitrogens with two attached hydrogens (primary N) is 1. The third-order valence-electron chi connectivity index (χ3n) is 3.32. The summed E-state index contributed by atoms with van der Waals surface area (Å²) < 4.78 is 6.43. The number of imidazole rings is 1. The lowest BCUT2D eigenvalue weighted by atomic mass is 9.97. The first-order chi connectivity index (χ1) is 8.72. The van der Waals surface area contributed by atoms with Crippen molar-refractivity contribution in [1.82, 2.24) is 9.55 Å². The molecule has 1 aliphatic carbocycles. The third kappa shape index (κ3) is 2.72. The van der Waals surface area contributed by atoms with E-state index < -0.39 is 5.97 Å². The monoisotopic (exact) mass is 249 g/mol. The number of carbonyl (C=O) groups is 1. The number of esters is 1. The molecule has 5 nitrogen and oxygen atoms in total. The maximum absolute atomic E-state index is 11.4. The van der Waals surface area contributed by atoms with Crippen LogP contribution >= 0.6 is 0 Å². The van der Waals surface area contributed by atoms with Crippen molar-refractivity contribution in [1.29, 1.82) is 0 Å². The lowest BCUT2D eigenvalue weighted by Crippen LogP contribution is -2.09. The van der Waals surface area contributed by atoms with E-state index in [1.54, 1.807) is 6.33 Å². The Kier molecular flexibility index (Phi) is 4.02. The van der Waals surface area contributed by atoms with Crippen LogP contribution in [0.4, 0.5) is 5.82 Å². The Bertz CT molecular complexity index is 463. The maximum Gasteiger partial charge on any atom is 0.360 e. The number of methoxy groups -OCH3 is 1. The Labute approximate surface area is 107 Å². The molecular weight excluding hydrogens is 230 g/mol. The van der Waals surface area contributed by atoms with E-state index in [1.807, 2.05) is 4.57 Å². The SMILES string of the molecule is COC(=O)c1ncn(CCC2=CCCCC2)c1N. The molecule has 0 radical (unpaired) electrons. The van der Waals surface area contributed by atoms with E-state index in [4.69, 9.17) is 5.73 Å². The molecule has 1 aliphatic rings. The average molecular weight is 249 g/mol. The maximum atomic E-state index is 11.4. The van der Waals surface area contributed by atoms with Gasteiger partial charge in [0.25, 0.3) is 0 Å². The predicted octanol–water partition coefficient (Wildman–Crippen LogP) is 2.14. The molecule has 0 bridgehead atoms. The first-order valence-electron chi connectivity index (χ1n) is 6.29. The van der Waals surface area contributed by atoms with Gasteiger partial charge in [-0.3, -0.25) is 0 Å². The number of rotatable bonds is 4. The molecular formula is C13H19N3O2. The summed E-state index contributed by atoms with van der Waals surface area (Å²) in [5.41, 5.74) is 7.56. The van der Waals surface area contributed by atoms with Crippen LogP contribution in [0.25, 0.3) is 0 Å². The molecule has 0 amide bonds. The second-order valence-electron chi connectivity index (χ2n) is 4.52. The second kappa shape index (κ2) is 5.71. The smallest absolute Gasteiger partial charge is 0.360 e. The van der Waals surface area contributed by atoms with Gasteiger partial charge >= 0.3 is 5.97 Å². The van der Waals surface area contributed by atoms with Crippen LogP contribution in [-0.2, 0) is 11.3 Å². The fourth-order valence-corrected chi connectivity index (χ4v) is 2.22. The number of carbonyl (C=O) groups excluding carboxylic acids is 1. The largest absolute Gasteiger partial charge is 0.464 e. The van der Waals surface area contributed by atoms with Gasteiger partial charge in [0, 0.05) is 6.54 Å². The fraction of sp³-hybridized carbons (Fsp3) is 0.538. The van der Waals surface area contributed by atoms with Gasteiger partial charge in [0.15, 0.2) is 5.69 Å². The third-order valence-corrected chi connectivity index (χ3v) is 3.32. The van der Waals surface area contributed by atoms with Gasteiger partial charge in [-0.2, -0.15) is 0 Å². The highest BCUT2D eigenvalue weighted by molar-refractivity contribution is 5.91. The zero-order chi connectivity index (χ0) is 13.0. The molecule has 1 aromatic rings. The summed E-state index contributed by atoms with van der Waals surface area (Å²) in [6, 6.07) is 0. The Hall–Kier alpha value is -1.78. The van der Waals surface area contributed by atoms with Crippen LogP contribution in [0, 0.1) is 0 Å². The van der Waals surface area contributed by atoms with Crippen molar-refractivity contribution in [2.24, 2.45) is 0 Å². The number of hydrogen-bond acceptors (Lipinski definition) is 4. The van der Waals surface area contributed by atoms with Crippen LogP contribution < -0.4 is 5.73 Å². The highest BCUT2D eigenvalue weighted by Gasteiger charge is 2.16. The first kappa shape index (κ1) is 12.7. The number of nitrogens with zero attached hydrogens (tertiary/aromatic N) is 2. The van der Waals surface area contributed by atoms with Crippen molar-refractivity contribution >= 4 is 11.8 Å². The molecule has 0 aromatic carbocycles. The number of allylic oxidation sites excluding steroid dienone is 2. The van der Waals surface area contributed by atoms with Crippen LogP contribution in [-0.4, -0.2) is 22.6 Å². The summed E-state index contributed by atoms with van der Waals surface area (Å²) in [7, 11) is 1.33. The highest BCUT2D eigenvalue weighted by Crippen LogP contribution is 2.21. The van der Waals surface area contributed by atoms with Gasteiger partial charge in [0.2, 0.25) is 0 Å². The van der Waals surface area contributed by atoms with E-state index in [2.05, 4.69) is 15.8 Å². The van der Waals surface area contributed by atoms with E-state index >= 15 is 0 Å². The van der Waals surface area contributed by atoms with E-state index in [9.17, 15) is 4.79 Å². The summed E-state index contributed by atoms with van der Waals surface area (Å²) in [4.78, 5) is 15.4. The van der Waals surface area contributed by atoms with Gasteiger partial charge in [-0.1, -0.05) is 11.6 Å². The van der Waals surface area contributed by atoms with Crippen LogP contribution in [0.15, 0.2) is 18.0 Å². The molecule has 0 saturated heterocycles. The van der Waals surface area contributed by atoms with Crippen LogP contribution in [0.2, 0.25) is 0 Å². The predicted molar refractivity (Wildman–Crippen MR) is 69.1 cm³/mol. The topological polar surface area (TPSA) is 70.1 Å². The minimum Gasteiger partial charge on any atom is -0.464 e. The molecule has 2 rings (SSSR count). The second-order valence-corrected chi connectivity index (χ2v) is 4.52. The summed E-state index contributed by atoms with van der Waals surface area (Å²) in [5.74, 6) is -0.0959. The van der Waals surface area contributed by atoms with Gasteiger partial charge in [0.05, 0.1) is 13.4 Å². The van der Waals surface area contributed by atoms with Gasteiger partial charge in [-0.15, -0.1) is 0 Å². The molecule has 1 aromatic heterocycles. The minimum absolute atomic E-state index is 0.204. The van der Waals surface area contributed by atoms with Crippen LogP contribution in [0.1, 0.15) is 42.6 Å². The molecule has 0 unspecified atom stereocenters. The van der Waals surface area contributed by atoms with E-state index in [-0.39, 0.29) is 5.69 Å². The van der Waals surface area contributed by atoms with Crippen molar-refractivity contribution in [3.05, 3.63) is 23.7 Å². The van der Waals surface area contributed by atoms with Gasteiger partial charge < -0.3 is 15.0 Å². The molecule has 0 atom stereocenters. The van der Waals surface area contributed by atoms with Gasteiger partial charge in [-0.25, -0.2) is 9.78 Å². The van der Waals surface area contributed by atoms with Gasteiger partial charge in [0.1, 0.15) is 5.82 Å². The number of anilines is 1. The molecule has 2 N–H and O–H groups in total. The summed E-state index contributed by atoms with van der Waals surface area (Å²) >= 11 is 0. The average Bonchev–Trinajstić information content (AvgIpc) is 2.78. The summed E-state index contributed by atoms with van der Waals surface area (Å²) in [6.07, 6.45) is 9.83. The first-order valence-corrected chi connectivity index (χ1v) is 6.29. The van der Waals surface area contributed by atoms with E-state index in [0.717, 1.165) is 13.0 Å². The number of aromatic nitrogens is 2. The zero-order valence-corrected chi connectivity index (χ0v) is 10.7. The molecule has 1 heterocycles. The number of aryl methyl sites for hydroxylation is 1. The van der Waals surface area contributed by atoms with Crippen molar-refractivity contribution in [2.45, 2.75) is 38.6 Å². The standard InChI is InChI=1S/C13H19N3O2/c1-18-13(17)11-12(14)16(9-15-11)8-7-10-5-3-2-4-6-10/h5,9H,2-4,6-8,14H2,1H3. The fourth-order valence-electron chi connectivity index (χ4n) is 2.22. The minimum atomic E-state index is -0.483. The van der Waals surface area contributed by atoms with Crippen molar-refractivity contribution in [3.63, 3.8) is 0 Å². The normalized spacial score (nSPS) is 15.3. The molecule has 5 heteroatoms. The molecule has 0 fully saturated rings. The lowest BCUT2D eigenvalue weighted by molar-refractivity contribution is 0.0596. The van der Waals surface area contributed by atoms with Crippen molar-refractivity contribution in [3.8, 4) is 0 Å². The number of ether oxygens (including phenoxy) is 1. The number of nitrogen functional groups attached to an aromatic ring is 1. The Morgan fingerprint density at radius 3 is 3.06 bits per heavy atom. The quantitative estimate of drug-likeness (QED) is 0.655. The Morgan fingerprint density at radius 2 is 2.39 bits per heavy atom. The summed E-state index contributed by atoms with van der Waals surface area (Å²) in [5, 5.41) is 0. The Balaban J connectivity index is 1.99. The van der Waals surface area contributed by atoms with Crippen molar-refractivity contribution in [2.75, 3.05) is 12.8 Å². The van der Waals surface area contributed by atoms with Crippen LogP contribution in [0.3, 0.4) is 0 Å². The van der Waals surface area contributed by atoms with Gasteiger partial charge in [-0.05, 0) is 32.1 Å². The Morgan fingerprint density at radius 1 is 1.56 bits per heavy atom. The van der Waals surface area contributed by atoms with Crippen molar-refractivity contribution < 1.29 is 9.53 Å². The molecule has 0 saturated carbocycles. The van der Waals surface area contributed by atoms with E-state index in [0.29, 0.717) is 5.82 Å². The summed E-state index contributed by atoms with van der Waals surface area (Å²) in [6.45, 7) is 0.766. The number of hydrogen-bond donors (Lipinski definition) is 1. The van der Waals surface area contributed by atoms with Crippen LogP contribution in [0.5, 0.6) is 0 Å². The molecule has 98 valence electrons. The molecule has 0 spiro atoms.